The molecule has 2 aromatic heterocycles. The second kappa shape index (κ2) is 8.42. The zero-order valence-electron chi connectivity index (χ0n) is 22.8. The number of hydrogen-bond acceptors (Lipinski definition) is 1. The summed E-state index contributed by atoms with van der Waals surface area (Å²) in [5.74, 6) is -1.23. The molecule has 0 spiro atoms. The smallest absolute Gasteiger partial charge is 0.219 e. The van der Waals surface area contributed by atoms with Gasteiger partial charge in [0.05, 0.1) is 11.1 Å². The maximum atomic E-state index is 15.4. The summed E-state index contributed by atoms with van der Waals surface area (Å²) < 4.78 is 61.3. The van der Waals surface area contributed by atoms with Gasteiger partial charge in [0.2, 0.25) is 5.69 Å². The highest BCUT2D eigenvalue weighted by Gasteiger charge is 2.24. The van der Waals surface area contributed by atoms with Gasteiger partial charge in [0.25, 0.3) is 0 Å². The van der Waals surface area contributed by atoms with E-state index in [9.17, 15) is 4.39 Å². The molecule has 0 aliphatic rings. The third kappa shape index (κ3) is 3.49. The van der Waals surface area contributed by atoms with Gasteiger partial charge in [0.1, 0.15) is 29.8 Å². The maximum Gasteiger partial charge on any atom is 0.219 e. The zero-order valence-corrected chi connectivity index (χ0v) is 19.8. The minimum atomic E-state index is -2.58. The van der Waals surface area contributed by atoms with E-state index in [2.05, 4.69) is 0 Å². The monoisotopic (exact) mass is 479 g/mol. The fraction of sp³-hybridized carbons (Fsp3) is 0.0938. The molecule has 0 radical (unpaired) electrons. The van der Waals surface area contributed by atoms with Crippen LogP contribution in [-0.4, -0.2) is 0 Å². The predicted octanol–water partition coefficient (Wildman–Crippen LogP) is 8.31. The minimum absolute atomic E-state index is 0.347. The summed E-state index contributed by atoms with van der Waals surface area (Å²) in [5, 5.41) is 1.49. The molecule has 6 rings (SSSR count). The normalized spacial score (nSPS) is 13.1. The van der Waals surface area contributed by atoms with Crippen LogP contribution < -0.4 is 4.57 Å². The topological polar surface area (TPSA) is 17.0 Å². The Balaban J connectivity index is 1.56. The molecule has 4 aromatic carbocycles. The first-order valence-electron chi connectivity index (χ1n) is 13.1. The van der Waals surface area contributed by atoms with Gasteiger partial charge in [-0.2, -0.15) is 0 Å². The molecule has 0 saturated heterocycles. The molecule has 0 aliphatic heterocycles. The summed E-state index contributed by atoms with van der Waals surface area (Å²) in [6.07, 6.45) is 1.29. The number of pyridine rings is 1. The Bertz CT molecular complexity index is 1880. The number of aryl methyl sites for hydroxylation is 3. The molecule has 6 aromatic rings. The van der Waals surface area contributed by atoms with Gasteiger partial charge in [0.15, 0.2) is 6.20 Å². The molecule has 0 saturated carbocycles. The fourth-order valence-electron chi connectivity index (χ4n) is 4.90. The lowest BCUT2D eigenvalue weighted by Gasteiger charge is -2.07. The van der Waals surface area contributed by atoms with Crippen LogP contribution in [0.3, 0.4) is 0 Å². The number of hydrogen-bond donors (Lipinski definition) is 0. The highest BCUT2D eigenvalue weighted by molar-refractivity contribution is 6.13. The van der Waals surface area contributed by atoms with Crippen LogP contribution in [0, 0.1) is 25.4 Å². The summed E-state index contributed by atoms with van der Waals surface area (Å²) in [6.45, 7) is -0.704. The van der Waals surface area contributed by atoms with Crippen molar-refractivity contribution in [3.63, 3.8) is 0 Å². The number of fused-ring (bicyclic) bond motifs is 3. The lowest BCUT2D eigenvalue weighted by atomic mass is 9.97. The van der Waals surface area contributed by atoms with Crippen molar-refractivity contribution in [1.29, 1.82) is 0 Å². The molecule has 0 fully saturated rings. The number of rotatable bonds is 3. The Hall–Kier alpha value is -4.31. The van der Waals surface area contributed by atoms with Crippen LogP contribution in [0.2, 0.25) is 0 Å². The van der Waals surface area contributed by atoms with Crippen molar-refractivity contribution in [3.8, 4) is 33.5 Å². The number of benzene rings is 4. The first kappa shape index (κ1) is 18.9. The number of halogens is 2. The Kier molecular flexibility index (Phi) is 4.43. The van der Waals surface area contributed by atoms with Gasteiger partial charge in [-0.15, -0.1) is 0 Å². The first-order chi connectivity index (χ1) is 18.6. The molecule has 0 N–H and O–H groups in total. The Morgan fingerprint density at radius 3 is 2.06 bits per heavy atom. The van der Waals surface area contributed by atoms with E-state index < -0.39 is 18.5 Å². The van der Waals surface area contributed by atoms with E-state index in [-0.39, 0.29) is 5.56 Å². The van der Waals surface area contributed by atoms with Crippen molar-refractivity contribution in [3.05, 3.63) is 114 Å². The minimum Gasteiger partial charge on any atom is -0.454 e. The molecule has 0 aliphatic carbocycles. The molecular formula is C32H24F2NO+. The molecule has 36 heavy (non-hydrogen) atoms. The summed E-state index contributed by atoms with van der Waals surface area (Å²) in [4.78, 5) is 0. The molecule has 2 heterocycles. The standard InChI is InChI=1S/C32H24F2NO/c1-19-9-14-24-25-15-16-26(33)30(23-12-10-22(11-13-23)21-7-5-4-6-8-21)32(25)36-31(24)29(19)28-17-27(34)20(2)18-35(28)3/h4-18H,1-3H3/q+1/i2D3. The van der Waals surface area contributed by atoms with Crippen molar-refractivity contribution in [1.82, 2.24) is 0 Å². The molecule has 0 atom stereocenters. The maximum absolute atomic E-state index is 15.4. The van der Waals surface area contributed by atoms with Gasteiger partial charge in [0, 0.05) is 26.5 Å². The van der Waals surface area contributed by atoms with E-state index in [4.69, 9.17) is 8.53 Å². The molecule has 0 unspecified atom stereocenters. The quantitative estimate of drug-likeness (QED) is 0.233. The highest BCUT2D eigenvalue weighted by Crippen LogP contribution is 2.42. The van der Waals surface area contributed by atoms with Crippen LogP contribution in [0.5, 0.6) is 0 Å². The molecule has 2 nitrogen and oxygen atoms in total. The highest BCUT2D eigenvalue weighted by atomic mass is 19.1. The first-order valence-corrected chi connectivity index (χ1v) is 11.6. The van der Waals surface area contributed by atoms with E-state index in [1.54, 1.807) is 17.7 Å². The average molecular weight is 480 g/mol. The SMILES string of the molecule is [2H]C([2H])([2H])c1c[n+](C)c(-c2c(C)ccc3c2oc2c(-c4ccc(-c5ccccc5)cc4)c(F)ccc23)cc1F. The van der Waals surface area contributed by atoms with Gasteiger partial charge < -0.3 is 4.42 Å². The molecule has 176 valence electrons. The van der Waals surface area contributed by atoms with Gasteiger partial charge in [-0.25, -0.2) is 13.3 Å². The van der Waals surface area contributed by atoms with Crippen molar-refractivity contribution >= 4 is 21.9 Å². The van der Waals surface area contributed by atoms with E-state index in [1.165, 1.54) is 18.3 Å². The third-order valence-corrected chi connectivity index (χ3v) is 6.73. The second-order valence-corrected chi connectivity index (χ2v) is 9.01. The fourth-order valence-corrected chi connectivity index (χ4v) is 4.90. The van der Waals surface area contributed by atoms with Crippen molar-refractivity contribution in [2.24, 2.45) is 7.05 Å². The van der Waals surface area contributed by atoms with Crippen LogP contribution in [-0.2, 0) is 7.05 Å². The third-order valence-electron chi connectivity index (χ3n) is 6.73. The number of nitrogens with zero attached hydrogens (tertiary/aromatic N) is 1. The molecule has 4 heteroatoms. The van der Waals surface area contributed by atoms with Crippen LogP contribution in [0.4, 0.5) is 8.78 Å². The summed E-state index contributed by atoms with van der Waals surface area (Å²) in [5.41, 5.74) is 5.51. The van der Waals surface area contributed by atoms with Crippen molar-refractivity contribution in [2.75, 3.05) is 0 Å². The summed E-state index contributed by atoms with van der Waals surface area (Å²) in [7, 11) is 1.67. The van der Waals surface area contributed by atoms with Gasteiger partial charge in [-0.05, 0) is 48.2 Å². The molecule has 0 amide bonds. The summed E-state index contributed by atoms with van der Waals surface area (Å²) in [6, 6.07) is 25.8. The lowest BCUT2D eigenvalue weighted by Crippen LogP contribution is -2.31. The van der Waals surface area contributed by atoms with E-state index in [0.29, 0.717) is 33.6 Å². The van der Waals surface area contributed by atoms with Gasteiger partial charge in [-0.1, -0.05) is 66.7 Å². The summed E-state index contributed by atoms with van der Waals surface area (Å²) >= 11 is 0. The van der Waals surface area contributed by atoms with Crippen molar-refractivity contribution < 1.29 is 21.9 Å². The van der Waals surface area contributed by atoms with Crippen LogP contribution in [0.1, 0.15) is 15.2 Å². The van der Waals surface area contributed by atoms with E-state index in [0.717, 1.165) is 27.5 Å². The second-order valence-electron chi connectivity index (χ2n) is 9.01. The van der Waals surface area contributed by atoms with E-state index >= 15 is 4.39 Å². The van der Waals surface area contributed by atoms with Crippen LogP contribution in [0.15, 0.2) is 95.5 Å². The predicted molar refractivity (Wildman–Crippen MR) is 141 cm³/mol. The molecular weight excluding hydrogens is 452 g/mol. The zero-order chi connectivity index (χ0) is 27.5. The van der Waals surface area contributed by atoms with Crippen LogP contribution >= 0.6 is 0 Å². The lowest BCUT2D eigenvalue weighted by molar-refractivity contribution is -0.661. The largest absolute Gasteiger partial charge is 0.454 e. The average Bonchev–Trinajstić information content (AvgIpc) is 3.28. The van der Waals surface area contributed by atoms with Crippen LogP contribution in [0.25, 0.3) is 55.4 Å². The number of furan rings is 1. The van der Waals surface area contributed by atoms with Crippen molar-refractivity contribution in [2.45, 2.75) is 13.8 Å². The Labute approximate surface area is 212 Å². The molecule has 0 bridgehead atoms. The van der Waals surface area contributed by atoms with Gasteiger partial charge >= 0.3 is 0 Å². The Morgan fingerprint density at radius 2 is 1.33 bits per heavy atom. The Morgan fingerprint density at radius 1 is 0.694 bits per heavy atom. The van der Waals surface area contributed by atoms with E-state index in [1.807, 2.05) is 73.7 Å². The van der Waals surface area contributed by atoms with Gasteiger partial charge in [-0.3, -0.25) is 0 Å². The number of aromatic nitrogens is 1.